The number of carboxylic acids is 1. The van der Waals surface area contributed by atoms with E-state index in [2.05, 4.69) is 15.6 Å². The van der Waals surface area contributed by atoms with E-state index in [1.54, 1.807) is 48.7 Å². The molecule has 0 spiro atoms. The summed E-state index contributed by atoms with van der Waals surface area (Å²) in [5.74, 6) is -1.02. The molecule has 192 valence electrons. The van der Waals surface area contributed by atoms with Crippen LogP contribution in [-0.2, 0) is 4.79 Å². The molecule has 1 fully saturated rings. The van der Waals surface area contributed by atoms with Crippen molar-refractivity contribution >= 4 is 34.9 Å². The van der Waals surface area contributed by atoms with Crippen LogP contribution in [0.25, 0.3) is 11.3 Å². The molecule has 1 aliphatic heterocycles. The van der Waals surface area contributed by atoms with Gasteiger partial charge in [0.2, 0.25) is 5.91 Å². The van der Waals surface area contributed by atoms with E-state index in [1.165, 1.54) is 18.2 Å². The van der Waals surface area contributed by atoms with Gasteiger partial charge in [0.15, 0.2) is 5.11 Å². The summed E-state index contributed by atoms with van der Waals surface area (Å²) < 4.78 is 20.2. The molecular formula is C28H23FN4O4S. The maximum Gasteiger partial charge on any atom is 0.336 e. The van der Waals surface area contributed by atoms with Crippen LogP contribution in [0.5, 0.6) is 0 Å². The first kappa shape index (κ1) is 25.1. The predicted molar refractivity (Wildman–Crippen MR) is 143 cm³/mol. The Kier molecular flexibility index (Phi) is 7.14. The molecule has 0 unspecified atom stereocenters. The van der Waals surface area contributed by atoms with Crippen molar-refractivity contribution in [3.05, 3.63) is 108 Å². The van der Waals surface area contributed by atoms with Crippen molar-refractivity contribution in [2.45, 2.75) is 18.5 Å². The molecule has 1 amide bonds. The number of furan rings is 1. The van der Waals surface area contributed by atoms with Crippen LogP contribution in [0.3, 0.4) is 0 Å². The van der Waals surface area contributed by atoms with Gasteiger partial charge in [-0.3, -0.25) is 9.78 Å². The first-order chi connectivity index (χ1) is 18.4. The number of rotatable bonds is 8. The van der Waals surface area contributed by atoms with Gasteiger partial charge >= 0.3 is 5.97 Å². The van der Waals surface area contributed by atoms with Crippen LogP contribution in [0.4, 0.5) is 10.1 Å². The molecule has 1 saturated heterocycles. The number of nitrogens with zero attached hydrogens (tertiary/aromatic N) is 2. The number of nitrogens with one attached hydrogen (secondary N) is 2. The molecule has 10 heteroatoms. The van der Waals surface area contributed by atoms with Crippen molar-refractivity contribution in [3.8, 4) is 11.3 Å². The van der Waals surface area contributed by atoms with Crippen molar-refractivity contribution in [1.29, 1.82) is 0 Å². The molecule has 2 atom stereocenters. The molecule has 0 radical (unpaired) electrons. The Morgan fingerprint density at radius 3 is 2.58 bits per heavy atom. The molecule has 3 heterocycles. The summed E-state index contributed by atoms with van der Waals surface area (Å²) in [5.41, 5.74) is 1.40. The normalized spacial score (nSPS) is 16.8. The van der Waals surface area contributed by atoms with Gasteiger partial charge in [0.05, 0.1) is 23.0 Å². The fourth-order valence-corrected chi connectivity index (χ4v) is 4.83. The van der Waals surface area contributed by atoms with E-state index < -0.39 is 17.8 Å². The van der Waals surface area contributed by atoms with Gasteiger partial charge in [0.1, 0.15) is 23.4 Å². The second kappa shape index (κ2) is 10.8. The number of carbonyl (C=O) groups is 2. The summed E-state index contributed by atoms with van der Waals surface area (Å²) in [6.45, 7) is 0.224. The molecule has 2 aromatic carbocycles. The molecule has 2 aromatic heterocycles. The highest BCUT2D eigenvalue weighted by molar-refractivity contribution is 7.80. The standard InChI is InChI=1S/C28H23FN4O4S/c29-19-9-3-4-10-20(19)31-24(34)14-16-33-26(25(32-28(33)38)21-11-5-6-15-30-21)23-13-12-22(37-23)17-7-1-2-8-18(17)27(35)36/h1-13,15,25-26H,14,16H2,(H,31,34)(H,32,38)(H,35,36)/t25-,26+/m0/s1. The number of amides is 1. The molecule has 1 aliphatic rings. The average molecular weight is 531 g/mol. The number of para-hydroxylation sites is 1. The Hall–Kier alpha value is -4.57. The average Bonchev–Trinajstić information content (AvgIpc) is 3.53. The van der Waals surface area contributed by atoms with Crippen molar-refractivity contribution in [2.75, 3.05) is 11.9 Å². The molecule has 0 aliphatic carbocycles. The van der Waals surface area contributed by atoms with Crippen molar-refractivity contribution in [1.82, 2.24) is 15.2 Å². The van der Waals surface area contributed by atoms with E-state index >= 15 is 0 Å². The van der Waals surface area contributed by atoms with Gasteiger partial charge in [-0.1, -0.05) is 36.4 Å². The Balaban J connectivity index is 1.43. The number of anilines is 1. The van der Waals surface area contributed by atoms with Crippen LogP contribution in [-0.4, -0.2) is 38.5 Å². The van der Waals surface area contributed by atoms with Crippen molar-refractivity contribution in [2.24, 2.45) is 0 Å². The summed E-state index contributed by atoms with van der Waals surface area (Å²) in [7, 11) is 0. The van der Waals surface area contributed by atoms with Crippen LogP contribution in [0, 0.1) is 5.82 Å². The van der Waals surface area contributed by atoms with Crippen LogP contribution >= 0.6 is 12.2 Å². The van der Waals surface area contributed by atoms with Gasteiger partial charge < -0.3 is 25.1 Å². The lowest BCUT2D eigenvalue weighted by Crippen LogP contribution is -2.32. The summed E-state index contributed by atoms with van der Waals surface area (Å²) in [5, 5.41) is 15.9. The van der Waals surface area contributed by atoms with E-state index in [1.807, 2.05) is 23.1 Å². The van der Waals surface area contributed by atoms with Crippen molar-refractivity contribution < 1.29 is 23.5 Å². The zero-order valence-electron chi connectivity index (χ0n) is 20.0. The number of halogens is 1. The Morgan fingerprint density at radius 2 is 1.82 bits per heavy atom. The van der Waals surface area contributed by atoms with Crippen LogP contribution in [0.1, 0.15) is 40.3 Å². The van der Waals surface area contributed by atoms with Gasteiger partial charge in [-0.15, -0.1) is 0 Å². The topological polar surface area (TPSA) is 108 Å². The van der Waals surface area contributed by atoms with Gasteiger partial charge in [-0.25, -0.2) is 9.18 Å². The van der Waals surface area contributed by atoms with Gasteiger partial charge in [0.25, 0.3) is 0 Å². The predicted octanol–water partition coefficient (Wildman–Crippen LogP) is 5.18. The highest BCUT2D eigenvalue weighted by Crippen LogP contribution is 2.40. The Labute approximate surface area is 223 Å². The first-order valence-corrected chi connectivity index (χ1v) is 12.3. The van der Waals surface area contributed by atoms with Crippen LogP contribution < -0.4 is 10.6 Å². The lowest BCUT2D eigenvalue weighted by Gasteiger charge is -2.25. The number of carbonyl (C=O) groups excluding carboxylic acids is 1. The molecular weight excluding hydrogens is 507 g/mol. The fraction of sp³-hybridized carbons (Fsp3) is 0.143. The SMILES string of the molecule is O=C(CCN1C(=S)N[C@@H](c2ccccn2)[C@H]1c1ccc(-c2ccccc2C(=O)O)o1)Nc1ccccc1F. The molecule has 8 nitrogen and oxygen atoms in total. The number of hydrogen-bond acceptors (Lipinski definition) is 5. The molecule has 0 saturated carbocycles. The maximum atomic E-state index is 14.0. The summed E-state index contributed by atoms with van der Waals surface area (Å²) in [6.07, 6.45) is 1.72. The van der Waals surface area contributed by atoms with Crippen LogP contribution in [0.2, 0.25) is 0 Å². The van der Waals surface area contributed by atoms with E-state index in [9.17, 15) is 19.1 Å². The minimum atomic E-state index is -1.06. The summed E-state index contributed by atoms with van der Waals surface area (Å²) in [6, 6.07) is 20.7. The summed E-state index contributed by atoms with van der Waals surface area (Å²) >= 11 is 5.63. The smallest absolute Gasteiger partial charge is 0.336 e. The van der Waals surface area contributed by atoms with E-state index in [0.29, 0.717) is 22.2 Å². The molecule has 4 aromatic rings. The number of hydrogen-bond donors (Lipinski definition) is 3. The van der Waals surface area contributed by atoms with E-state index in [4.69, 9.17) is 16.6 Å². The van der Waals surface area contributed by atoms with Gasteiger partial charge in [-0.05, 0) is 54.7 Å². The third-order valence-electron chi connectivity index (χ3n) is 6.27. The molecule has 3 N–H and O–H groups in total. The zero-order valence-corrected chi connectivity index (χ0v) is 20.8. The fourth-order valence-electron chi connectivity index (χ4n) is 4.49. The third kappa shape index (κ3) is 5.12. The monoisotopic (exact) mass is 530 g/mol. The molecule has 38 heavy (non-hydrogen) atoms. The quantitative estimate of drug-likeness (QED) is 0.268. The molecule has 0 bridgehead atoms. The highest BCUT2D eigenvalue weighted by atomic mass is 32.1. The number of aromatic nitrogens is 1. The maximum absolute atomic E-state index is 14.0. The van der Waals surface area contributed by atoms with E-state index in [0.717, 1.165) is 5.69 Å². The lowest BCUT2D eigenvalue weighted by molar-refractivity contribution is -0.116. The number of benzene rings is 2. The number of thiocarbonyl (C=S) groups is 1. The highest BCUT2D eigenvalue weighted by Gasteiger charge is 2.41. The lowest BCUT2D eigenvalue weighted by atomic mass is 10.0. The van der Waals surface area contributed by atoms with E-state index in [-0.39, 0.29) is 36.2 Å². The third-order valence-corrected chi connectivity index (χ3v) is 6.62. The molecule has 5 rings (SSSR count). The minimum Gasteiger partial charge on any atom is -0.478 e. The number of pyridine rings is 1. The Morgan fingerprint density at radius 1 is 1.05 bits per heavy atom. The second-order valence-electron chi connectivity index (χ2n) is 8.65. The first-order valence-electron chi connectivity index (χ1n) is 11.9. The minimum absolute atomic E-state index is 0.0387. The zero-order chi connectivity index (χ0) is 26.6. The van der Waals surface area contributed by atoms with Crippen molar-refractivity contribution in [3.63, 3.8) is 0 Å². The van der Waals surface area contributed by atoms with Gasteiger partial charge in [-0.2, -0.15) is 0 Å². The summed E-state index contributed by atoms with van der Waals surface area (Å²) in [4.78, 5) is 30.7. The van der Waals surface area contributed by atoms with Gasteiger partial charge in [0, 0.05) is 24.7 Å². The largest absolute Gasteiger partial charge is 0.478 e. The Bertz CT molecular complexity index is 1490. The number of aromatic carboxylic acids is 1. The second-order valence-corrected chi connectivity index (χ2v) is 9.04. The van der Waals surface area contributed by atoms with Crippen LogP contribution in [0.15, 0.2) is 89.5 Å². The number of carboxylic acid groups (broad SMARTS) is 1.